The third-order valence-corrected chi connectivity index (χ3v) is 2.72. The number of para-hydroxylation sites is 1. The topological polar surface area (TPSA) is 45.6 Å². The van der Waals surface area contributed by atoms with E-state index in [4.69, 9.17) is 17.0 Å². The van der Waals surface area contributed by atoms with E-state index in [1.54, 1.807) is 13.3 Å². The summed E-state index contributed by atoms with van der Waals surface area (Å²) in [6.07, 6.45) is 1.69. The molecule has 0 unspecified atom stereocenters. The van der Waals surface area contributed by atoms with E-state index in [1.165, 1.54) is 0 Å². The van der Waals surface area contributed by atoms with Crippen molar-refractivity contribution in [2.24, 2.45) is 5.10 Å². The molecule has 0 aliphatic carbocycles. The average molecular weight is 285 g/mol. The summed E-state index contributed by atoms with van der Waals surface area (Å²) < 4.78 is 5.09. The van der Waals surface area contributed by atoms with Crippen LogP contribution < -0.4 is 15.5 Å². The number of hydrogen-bond donors (Lipinski definition) is 2. The van der Waals surface area contributed by atoms with Gasteiger partial charge in [-0.15, -0.1) is 0 Å². The molecule has 0 aliphatic heterocycles. The molecule has 0 radical (unpaired) electrons. The molecule has 0 atom stereocenters. The number of nitrogens with zero attached hydrogens (tertiary/aromatic N) is 1. The zero-order valence-corrected chi connectivity index (χ0v) is 11.9. The summed E-state index contributed by atoms with van der Waals surface area (Å²) in [6, 6.07) is 17.3. The summed E-state index contributed by atoms with van der Waals surface area (Å²) in [4.78, 5) is 0. The number of anilines is 1. The average Bonchev–Trinajstić information content (AvgIpc) is 2.49. The lowest BCUT2D eigenvalue weighted by atomic mass is 10.2. The Hall–Kier alpha value is -2.40. The summed E-state index contributed by atoms with van der Waals surface area (Å²) >= 11 is 5.13. The molecule has 0 bridgehead atoms. The number of benzene rings is 2. The third-order valence-electron chi connectivity index (χ3n) is 2.53. The first-order valence-corrected chi connectivity index (χ1v) is 6.48. The molecule has 0 amide bonds. The Morgan fingerprint density at radius 1 is 1.10 bits per heavy atom. The summed E-state index contributed by atoms with van der Waals surface area (Å²) in [7, 11) is 1.64. The number of nitrogens with one attached hydrogen (secondary N) is 2. The first-order valence-electron chi connectivity index (χ1n) is 6.07. The monoisotopic (exact) mass is 285 g/mol. The van der Waals surface area contributed by atoms with Gasteiger partial charge in [-0.2, -0.15) is 5.10 Å². The summed E-state index contributed by atoms with van der Waals surface area (Å²) in [5.41, 5.74) is 4.65. The fourth-order valence-corrected chi connectivity index (χ4v) is 1.71. The lowest BCUT2D eigenvalue weighted by Gasteiger charge is -2.06. The number of hydrogen-bond acceptors (Lipinski definition) is 3. The standard InChI is InChI=1S/C15H15N3OS/c1-19-14-9-7-12(8-10-14)11-16-18-15(20)17-13-5-3-2-4-6-13/h2-11H,1H3,(H2,17,18,20). The van der Waals surface area contributed by atoms with Crippen LogP contribution in [0.5, 0.6) is 5.75 Å². The van der Waals surface area contributed by atoms with Crippen molar-refractivity contribution in [1.82, 2.24) is 5.43 Å². The Bertz CT molecular complexity index is 582. The fraction of sp³-hybridized carbons (Fsp3) is 0.0667. The van der Waals surface area contributed by atoms with Crippen molar-refractivity contribution in [3.05, 3.63) is 60.2 Å². The molecular weight excluding hydrogens is 270 g/mol. The minimum absolute atomic E-state index is 0.445. The lowest BCUT2D eigenvalue weighted by molar-refractivity contribution is 0.415. The minimum atomic E-state index is 0.445. The molecule has 5 heteroatoms. The highest BCUT2D eigenvalue weighted by Gasteiger charge is 1.94. The molecule has 0 spiro atoms. The van der Waals surface area contributed by atoms with E-state index in [0.717, 1.165) is 17.0 Å². The van der Waals surface area contributed by atoms with Gasteiger partial charge in [0.05, 0.1) is 13.3 Å². The van der Waals surface area contributed by atoms with Crippen molar-refractivity contribution in [1.29, 1.82) is 0 Å². The molecule has 20 heavy (non-hydrogen) atoms. The Morgan fingerprint density at radius 2 is 1.80 bits per heavy atom. The SMILES string of the molecule is COc1ccc(C=NNC(=S)Nc2ccccc2)cc1. The zero-order chi connectivity index (χ0) is 14.2. The highest BCUT2D eigenvalue weighted by molar-refractivity contribution is 7.80. The summed E-state index contributed by atoms with van der Waals surface area (Å²) in [5, 5.41) is 7.55. The molecule has 102 valence electrons. The lowest BCUT2D eigenvalue weighted by Crippen LogP contribution is -2.23. The number of rotatable bonds is 4. The van der Waals surface area contributed by atoms with Gasteiger partial charge in [0.2, 0.25) is 0 Å². The van der Waals surface area contributed by atoms with Gasteiger partial charge in [-0.25, -0.2) is 0 Å². The molecule has 2 N–H and O–H groups in total. The summed E-state index contributed by atoms with van der Waals surface area (Å²) in [6.45, 7) is 0. The first-order chi connectivity index (χ1) is 9.78. The second kappa shape index (κ2) is 7.25. The van der Waals surface area contributed by atoms with E-state index in [9.17, 15) is 0 Å². The maximum Gasteiger partial charge on any atom is 0.191 e. The fourth-order valence-electron chi connectivity index (χ4n) is 1.54. The number of ether oxygens (including phenoxy) is 1. The van der Waals surface area contributed by atoms with Crippen LogP contribution in [-0.4, -0.2) is 18.4 Å². The van der Waals surface area contributed by atoms with E-state index in [0.29, 0.717) is 5.11 Å². The van der Waals surface area contributed by atoms with Crippen molar-refractivity contribution >= 4 is 29.2 Å². The number of hydrazone groups is 1. The molecule has 4 nitrogen and oxygen atoms in total. The Labute approximate surface area is 123 Å². The van der Waals surface area contributed by atoms with Gasteiger partial charge < -0.3 is 10.1 Å². The number of methoxy groups -OCH3 is 1. The van der Waals surface area contributed by atoms with Crippen molar-refractivity contribution in [3.8, 4) is 5.75 Å². The molecule has 0 aromatic heterocycles. The smallest absolute Gasteiger partial charge is 0.191 e. The van der Waals surface area contributed by atoms with E-state index in [1.807, 2.05) is 54.6 Å². The van der Waals surface area contributed by atoms with Crippen LogP contribution >= 0.6 is 12.2 Å². The van der Waals surface area contributed by atoms with Gasteiger partial charge in [-0.3, -0.25) is 5.43 Å². The van der Waals surface area contributed by atoms with Crippen molar-refractivity contribution in [3.63, 3.8) is 0 Å². The molecule has 0 heterocycles. The third kappa shape index (κ3) is 4.37. The molecule has 0 saturated carbocycles. The molecule has 2 rings (SSSR count). The van der Waals surface area contributed by atoms with E-state index < -0.39 is 0 Å². The van der Waals surface area contributed by atoms with Gasteiger partial charge in [-0.1, -0.05) is 18.2 Å². The van der Waals surface area contributed by atoms with E-state index >= 15 is 0 Å². The van der Waals surface area contributed by atoms with Crippen LogP contribution in [0.3, 0.4) is 0 Å². The predicted octanol–water partition coefficient (Wildman–Crippen LogP) is 3.02. The number of thiocarbonyl (C=S) groups is 1. The van der Waals surface area contributed by atoms with Crippen LogP contribution in [0, 0.1) is 0 Å². The largest absolute Gasteiger partial charge is 0.497 e. The molecule has 2 aromatic rings. The quantitative estimate of drug-likeness (QED) is 0.515. The van der Waals surface area contributed by atoms with Crippen LogP contribution in [0.2, 0.25) is 0 Å². The van der Waals surface area contributed by atoms with Crippen LogP contribution in [0.4, 0.5) is 5.69 Å². The highest BCUT2D eigenvalue weighted by Crippen LogP contribution is 2.09. The normalized spacial score (nSPS) is 10.2. The van der Waals surface area contributed by atoms with E-state index in [2.05, 4.69) is 15.8 Å². The van der Waals surface area contributed by atoms with Gasteiger partial charge >= 0.3 is 0 Å². The second-order valence-electron chi connectivity index (χ2n) is 3.96. The van der Waals surface area contributed by atoms with Gasteiger partial charge in [0.15, 0.2) is 5.11 Å². The van der Waals surface area contributed by atoms with Crippen LogP contribution in [0.25, 0.3) is 0 Å². The summed E-state index contributed by atoms with van der Waals surface area (Å²) in [5.74, 6) is 0.816. The Kier molecular flexibility index (Phi) is 5.08. The van der Waals surface area contributed by atoms with Gasteiger partial charge in [-0.05, 0) is 54.2 Å². The van der Waals surface area contributed by atoms with Crippen LogP contribution in [0.1, 0.15) is 5.56 Å². The predicted molar refractivity (Wildman–Crippen MR) is 86.4 cm³/mol. The van der Waals surface area contributed by atoms with Gasteiger partial charge in [0.25, 0.3) is 0 Å². The van der Waals surface area contributed by atoms with Crippen LogP contribution in [-0.2, 0) is 0 Å². The molecule has 0 saturated heterocycles. The van der Waals surface area contributed by atoms with Gasteiger partial charge in [0, 0.05) is 5.69 Å². The second-order valence-corrected chi connectivity index (χ2v) is 4.37. The molecular formula is C15H15N3OS. The van der Waals surface area contributed by atoms with Crippen molar-refractivity contribution < 1.29 is 4.74 Å². The maximum atomic E-state index is 5.13. The molecule has 0 fully saturated rings. The zero-order valence-electron chi connectivity index (χ0n) is 11.0. The van der Waals surface area contributed by atoms with Gasteiger partial charge in [0.1, 0.15) is 5.75 Å². The Morgan fingerprint density at radius 3 is 2.45 bits per heavy atom. The van der Waals surface area contributed by atoms with Crippen molar-refractivity contribution in [2.45, 2.75) is 0 Å². The Balaban J connectivity index is 1.84. The first kappa shape index (κ1) is 14.0. The molecule has 2 aromatic carbocycles. The molecule has 0 aliphatic rings. The maximum absolute atomic E-state index is 5.13. The minimum Gasteiger partial charge on any atom is -0.497 e. The van der Waals surface area contributed by atoms with Crippen molar-refractivity contribution in [2.75, 3.05) is 12.4 Å². The van der Waals surface area contributed by atoms with E-state index in [-0.39, 0.29) is 0 Å². The van der Waals surface area contributed by atoms with Crippen LogP contribution in [0.15, 0.2) is 59.7 Å². The highest BCUT2D eigenvalue weighted by atomic mass is 32.1.